The van der Waals surface area contributed by atoms with Crippen molar-refractivity contribution in [2.45, 2.75) is 104 Å². The fourth-order valence-electron chi connectivity index (χ4n) is 4.20. The molecule has 5 heteroatoms. The highest BCUT2D eigenvalue weighted by Crippen LogP contribution is 2.23. The Hall–Kier alpha value is -0.810. The minimum Gasteiger partial charge on any atom is -0.446 e. The number of nitrogens with zero attached hydrogens (tertiary/aromatic N) is 1. The molecule has 2 rings (SSSR count). The number of carbonyl (C=O) groups excluding carboxylic acids is 1. The maximum Gasteiger partial charge on any atom is 0.407 e. The molecule has 0 bridgehead atoms. The molecule has 5 nitrogen and oxygen atoms in total. The predicted octanol–water partition coefficient (Wildman–Crippen LogP) is 3.92. The molecule has 0 aromatic rings. The zero-order valence-corrected chi connectivity index (χ0v) is 17.9. The first-order valence-electron chi connectivity index (χ1n) is 10.5. The number of ether oxygens (including phenoxy) is 1. The number of carbonyl (C=O) groups is 1. The van der Waals surface area contributed by atoms with Crippen LogP contribution < -0.4 is 10.6 Å². The van der Waals surface area contributed by atoms with E-state index in [-0.39, 0.29) is 23.8 Å². The number of rotatable bonds is 4. The lowest BCUT2D eigenvalue weighted by Gasteiger charge is -2.36. The molecule has 1 amide bonds. The van der Waals surface area contributed by atoms with Gasteiger partial charge in [0.1, 0.15) is 6.10 Å². The molecule has 1 aliphatic carbocycles. The molecule has 2 aliphatic rings. The van der Waals surface area contributed by atoms with Crippen molar-refractivity contribution in [1.82, 2.24) is 15.5 Å². The van der Waals surface area contributed by atoms with Gasteiger partial charge in [-0.05, 0) is 64.7 Å². The van der Waals surface area contributed by atoms with E-state index in [0.29, 0.717) is 11.5 Å². The largest absolute Gasteiger partial charge is 0.446 e. The van der Waals surface area contributed by atoms with Crippen molar-refractivity contribution >= 4 is 6.09 Å². The van der Waals surface area contributed by atoms with Crippen LogP contribution in [-0.4, -0.2) is 54.4 Å². The summed E-state index contributed by atoms with van der Waals surface area (Å²) >= 11 is 0. The molecule has 0 atom stereocenters. The summed E-state index contributed by atoms with van der Waals surface area (Å²) in [5.41, 5.74) is 0.484. The minimum atomic E-state index is -0.216. The number of piperidine rings is 1. The van der Waals surface area contributed by atoms with Gasteiger partial charge in [-0.15, -0.1) is 0 Å². The van der Waals surface area contributed by atoms with Crippen LogP contribution in [0.4, 0.5) is 4.79 Å². The normalized spacial score (nSPS) is 26.5. The lowest BCUT2D eigenvalue weighted by Crippen LogP contribution is -2.48. The van der Waals surface area contributed by atoms with Crippen LogP contribution in [0.5, 0.6) is 0 Å². The smallest absolute Gasteiger partial charge is 0.407 e. The molecule has 2 N–H and O–H groups in total. The number of likely N-dealkylation sites (tertiary alicyclic amines) is 1. The average Bonchev–Trinajstić information content (AvgIpc) is 2.48. The van der Waals surface area contributed by atoms with Gasteiger partial charge in [0.15, 0.2) is 0 Å². The van der Waals surface area contributed by atoms with Crippen molar-refractivity contribution in [2.24, 2.45) is 5.41 Å². The van der Waals surface area contributed by atoms with E-state index in [1.165, 1.54) is 0 Å². The van der Waals surface area contributed by atoms with E-state index in [2.05, 4.69) is 57.1 Å². The van der Waals surface area contributed by atoms with Crippen LogP contribution in [-0.2, 0) is 4.74 Å². The maximum atomic E-state index is 12.2. The van der Waals surface area contributed by atoms with Crippen molar-refractivity contribution in [3.63, 3.8) is 0 Å². The van der Waals surface area contributed by atoms with Crippen LogP contribution in [0, 0.1) is 5.41 Å². The second-order valence-corrected chi connectivity index (χ2v) is 10.5. The first kappa shape index (κ1) is 21.5. The lowest BCUT2D eigenvalue weighted by atomic mass is 9.91. The molecule has 1 saturated heterocycles. The third-order valence-corrected chi connectivity index (χ3v) is 5.19. The molecule has 1 aliphatic heterocycles. The first-order valence-corrected chi connectivity index (χ1v) is 10.5. The average molecular weight is 368 g/mol. The minimum absolute atomic E-state index is 0.0778. The number of hydrogen-bond acceptors (Lipinski definition) is 4. The van der Waals surface area contributed by atoms with E-state index >= 15 is 0 Å². The second-order valence-electron chi connectivity index (χ2n) is 10.5. The van der Waals surface area contributed by atoms with Gasteiger partial charge in [0.2, 0.25) is 0 Å². The Morgan fingerprint density at radius 3 is 2.00 bits per heavy atom. The Bertz CT molecular complexity index is 397. The number of hydrogen-bond donors (Lipinski definition) is 2. The first-order chi connectivity index (χ1) is 12.0. The Kier molecular flexibility index (Phi) is 7.37. The Balaban J connectivity index is 1.63. The Morgan fingerprint density at radius 2 is 1.50 bits per heavy atom. The zero-order valence-electron chi connectivity index (χ0n) is 17.9. The predicted molar refractivity (Wildman–Crippen MR) is 107 cm³/mol. The zero-order chi connectivity index (χ0) is 19.4. The summed E-state index contributed by atoms with van der Waals surface area (Å²) in [7, 11) is 0. The van der Waals surface area contributed by atoms with E-state index in [0.717, 1.165) is 58.2 Å². The topological polar surface area (TPSA) is 53.6 Å². The highest BCUT2D eigenvalue weighted by atomic mass is 16.6. The van der Waals surface area contributed by atoms with Gasteiger partial charge in [0.05, 0.1) is 0 Å². The van der Waals surface area contributed by atoms with E-state index in [4.69, 9.17) is 4.74 Å². The van der Waals surface area contributed by atoms with Crippen LogP contribution in [0.15, 0.2) is 0 Å². The van der Waals surface area contributed by atoms with E-state index < -0.39 is 0 Å². The van der Waals surface area contributed by atoms with Crippen molar-refractivity contribution in [3.8, 4) is 0 Å². The summed E-state index contributed by atoms with van der Waals surface area (Å²) < 4.78 is 5.69. The third kappa shape index (κ3) is 8.26. The Morgan fingerprint density at radius 1 is 0.923 bits per heavy atom. The Labute approximate surface area is 160 Å². The van der Waals surface area contributed by atoms with Crippen molar-refractivity contribution < 1.29 is 9.53 Å². The summed E-state index contributed by atoms with van der Waals surface area (Å²) in [5.74, 6) is 0. The molecule has 1 saturated carbocycles. The highest BCUT2D eigenvalue weighted by Gasteiger charge is 2.28. The van der Waals surface area contributed by atoms with Gasteiger partial charge in [0.25, 0.3) is 0 Å². The van der Waals surface area contributed by atoms with Gasteiger partial charge in [-0.2, -0.15) is 0 Å². The molecule has 0 spiro atoms. The van der Waals surface area contributed by atoms with Gasteiger partial charge in [-0.25, -0.2) is 4.79 Å². The summed E-state index contributed by atoms with van der Waals surface area (Å²) in [6.45, 7) is 16.7. The molecule has 1 heterocycles. The summed E-state index contributed by atoms with van der Waals surface area (Å²) in [6, 6.07) is 0.808. The fourth-order valence-corrected chi connectivity index (χ4v) is 4.20. The van der Waals surface area contributed by atoms with Crippen LogP contribution >= 0.6 is 0 Å². The van der Waals surface area contributed by atoms with Gasteiger partial charge in [0, 0.05) is 37.3 Å². The fraction of sp³-hybridized carbons (Fsp3) is 0.952. The SMILES string of the molecule is CC(C)(C)CN1CCC(NC(=O)OC2CCC(NC(C)(C)C)CC2)CC1. The number of alkyl carbamates (subject to hydrolysis) is 1. The van der Waals surface area contributed by atoms with E-state index in [9.17, 15) is 4.79 Å². The number of amides is 1. The van der Waals surface area contributed by atoms with Gasteiger partial charge in [-0.1, -0.05) is 20.8 Å². The summed E-state index contributed by atoms with van der Waals surface area (Å²) in [5, 5.41) is 6.75. The molecule has 0 aromatic carbocycles. The second kappa shape index (κ2) is 8.92. The molecule has 0 aromatic heterocycles. The molecular formula is C21H41N3O2. The van der Waals surface area contributed by atoms with Crippen molar-refractivity contribution in [3.05, 3.63) is 0 Å². The van der Waals surface area contributed by atoms with Crippen LogP contribution in [0.1, 0.15) is 80.1 Å². The highest BCUT2D eigenvalue weighted by molar-refractivity contribution is 5.67. The molecule has 2 fully saturated rings. The molecular weight excluding hydrogens is 326 g/mol. The van der Waals surface area contributed by atoms with Gasteiger partial charge < -0.3 is 20.3 Å². The van der Waals surface area contributed by atoms with E-state index in [1.807, 2.05) is 0 Å². The monoisotopic (exact) mass is 367 g/mol. The van der Waals surface area contributed by atoms with Gasteiger partial charge in [-0.3, -0.25) is 0 Å². The molecule has 0 radical (unpaired) electrons. The van der Waals surface area contributed by atoms with Crippen molar-refractivity contribution in [1.29, 1.82) is 0 Å². The standard InChI is InChI=1S/C21H41N3O2/c1-20(2,3)15-24-13-11-16(12-14-24)22-19(25)26-18-9-7-17(8-10-18)23-21(4,5)6/h16-18,23H,7-15H2,1-6H3,(H,22,25). The van der Waals surface area contributed by atoms with Gasteiger partial charge >= 0.3 is 6.09 Å². The molecule has 0 unspecified atom stereocenters. The maximum absolute atomic E-state index is 12.2. The summed E-state index contributed by atoms with van der Waals surface area (Å²) in [6.07, 6.45) is 6.00. The quantitative estimate of drug-likeness (QED) is 0.791. The van der Waals surface area contributed by atoms with E-state index in [1.54, 1.807) is 0 Å². The molecule has 152 valence electrons. The summed E-state index contributed by atoms with van der Waals surface area (Å²) in [4.78, 5) is 14.7. The number of nitrogens with one attached hydrogen (secondary N) is 2. The van der Waals surface area contributed by atoms with Crippen LogP contribution in [0.25, 0.3) is 0 Å². The van der Waals surface area contributed by atoms with Crippen LogP contribution in [0.3, 0.4) is 0 Å². The lowest BCUT2D eigenvalue weighted by molar-refractivity contribution is 0.0603. The third-order valence-electron chi connectivity index (χ3n) is 5.19. The molecule has 26 heavy (non-hydrogen) atoms. The van der Waals surface area contributed by atoms with Crippen molar-refractivity contribution in [2.75, 3.05) is 19.6 Å². The van der Waals surface area contributed by atoms with Crippen LogP contribution in [0.2, 0.25) is 0 Å².